The lowest BCUT2D eigenvalue weighted by Gasteiger charge is -2.16. The van der Waals surface area contributed by atoms with E-state index in [4.69, 9.17) is 27.9 Å². The van der Waals surface area contributed by atoms with Crippen molar-refractivity contribution in [2.75, 3.05) is 7.11 Å². The first-order chi connectivity index (χ1) is 10.4. The number of aryl methyl sites for hydroxylation is 1. The van der Waals surface area contributed by atoms with Crippen molar-refractivity contribution in [3.8, 4) is 5.75 Å². The molecule has 3 nitrogen and oxygen atoms in total. The number of hydrogen-bond acceptors (Lipinski definition) is 2. The molecule has 1 unspecified atom stereocenters. The number of carboxylic acid groups (broad SMARTS) is 1. The highest BCUT2D eigenvalue weighted by atomic mass is 35.5. The van der Waals surface area contributed by atoms with Crippen LogP contribution in [0.3, 0.4) is 0 Å². The van der Waals surface area contributed by atoms with Crippen LogP contribution in [0.15, 0.2) is 36.4 Å². The number of carbonyl (C=O) groups is 1. The Labute approximate surface area is 139 Å². The zero-order valence-corrected chi connectivity index (χ0v) is 13.8. The molecule has 0 heterocycles. The zero-order valence-electron chi connectivity index (χ0n) is 12.3. The molecule has 0 aliphatic rings. The third kappa shape index (κ3) is 3.54. The molecule has 116 valence electrons. The summed E-state index contributed by atoms with van der Waals surface area (Å²) in [6, 6.07) is 10.6. The molecule has 0 bridgehead atoms. The Balaban J connectivity index is 2.37. The maximum Gasteiger partial charge on any atom is 0.311 e. The van der Waals surface area contributed by atoms with Crippen LogP contribution in [-0.2, 0) is 11.2 Å². The van der Waals surface area contributed by atoms with Gasteiger partial charge in [-0.3, -0.25) is 4.79 Å². The minimum atomic E-state index is -0.902. The summed E-state index contributed by atoms with van der Waals surface area (Å²) in [4.78, 5) is 11.7. The number of halogens is 2. The lowest BCUT2D eigenvalue weighted by Crippen LogP contribution is -2.15. The molecule has 1 N–H and O–H groups in total. The van der Waals surface area contributed by atoms with E-state index >= 15 is 0 Å². The SMILES string of the molecule is COc1ccc(C(Cc2cccc(Cl)c2Cl)C(=O)O)cc1C. The van der Waals surface area contributed by atoms with Crippen LogP contribution < -0.4 is 4.74 Å². The number of ether oxygens (including phenoxy) is 1. The van der Waals surface area contributed by atoms with E-state index in [1.807, 2.05) is 13.0 Å². The van der Waals surface area contributed by atoms with Gasteiger partial charge >= 0.3 is 5.97 Å². The van der Waals surface area contributed by atoms with Gasteiger partial charge in [0.15, 0.2) is 0 Å². The fourth-order valence-electron chi connectivity index (χ4n) is 2.39. The van der Waals surface area contributed by atoms with Gasteiger partial charge in [-0.25, -0.2) is 0 Å². The predicted octanol–water partition coefficient (Wildman–Crippen LogP) is 4.72. The van der Waals surface area contributed by atoms with Crippen molar-refractivity contribution in [2.24, 2.45) is 0 Å². The van der Waals surface area contributed by atoms with Gasteiger partial charge in [0, 0.05) is 0 Å². The van der Waals surface area contributed by atoms with Crippen LogP contribution in [-0.4, -0.2) is 18.2 Å². The minimum absolute atomic E-state index is 0.278. The van der Waals surface area contributed by atoms with Crippen LogP contribution in [0.4, 0.5) is 0 Å². The molecule has 0 aliphatic carbocycles. The van der Waals surface area contributed by atoms with Crippen molar-refractivity contribution in [1.29, 1.82) is 0 Å². The molecule has 2 rings (SSSR count). The largest absolute Gasteiger partial charge is 0.496 e. The molecular formula is C17H16Cl2O3. The molecule has 0 saturated carbocycles. The van der Waals surface area contributed by atoms with Gasteiger partial charge in [-0.2, -0.15) is 0 Å². The van der Waals surface area contributed by atoms with Crippen molar-refractivity contribution in [2.45, 2.75) is 19.3 Å². The third-order valence-electron chi connectivity index (χ3n) is 3.57. The fraction of sp³-hybridized carbons (Fsp3) is 0.235. The molecule has 5 heteroatoms. The summed E-state index contributed by atoms with van der Waals surface area (Å²) in [5, 5.41) is 10.4. The van der Waals surface area contributed by atoms with Gasteiger partial charge < -0.3 is 9.84 Å². The molecule has 0 spiro atoms. The van der Waals surface area contributed by atoms with Crippen molar-refractivity contribution in [3.05, 3.63) is 63.1 Å². The Morgan fingerprint density at radius 2 is 2.00 bits per heavy atom. The highest BCUT2D eigenvalue weighted by molar-refractivity contribution is 6.42. The minimum Gasteiger partial charge on any atom is -0.496 e. The van der Waals surface area contributed by atoms with E-state index in [-0.39, 0.29) is 6.42 Å². The normalized spacial score (nSPS) is 12.0. The lowest BCUT2D eigenvalue weighted by molar-refractivity contribution is -0.138. The van der Waals surface area contributed by atoms with Crippen molar-refractivity contribution >= 4 is 29.2 Å². The monoisotopic (exact) mass is 338 g/mol. The maximum atomic E-state index is 11.7. The maximum absolute atomic E-state index is 11.7. The van der Waals surface area contributed by atoms with Gasteiger partial charge in [0.1, 0.15) is 5.75 Å². The summed E-state index contributed by atoms with van der Waals surface area (Å²) in [5.74, 6) is -0.866. The topological polar surface area (TPSA) is 46.5 Å². The quantitative estimate of drug-likeness (QED) is 0.857. The molecule has 0 saturated heterocycles. The van der Waals surface area contributed by atoms with Crippen molar-refractivity contribution < 1.29 is 14.6 Å². The number of carboxylic acids is 1. The number of hydrogen-bond donors (Lipinski definition) is 1. The van der Waals surface area contributed by atoms with Crippen LogP contribution in [0.2, 0.25) is 10.0 Å². The zero-order chi connectivity index (χ0) is 16.3. The van der Waals surface area contributed by atoms with Crippen LogP contribution in [0.5, 0.6) is 5.75 Å². The van der Waals surface area contributed by atoms with Gasteiger partial charge in [0.05, 0.1) is 23.1 Å². The Kier molecular flexibility index (Phi) is 5.33. The van der Waals surface area contributed by atoms with Crippen LogP contribution >= 0.6 is 23.2 Å². The van der Waals surface area contributed by atoms with Gasteiger partial charge in [-0.05, 0) is 42.2 Å². The van der Waals surface area contributed by atoms with Gasteiger partial charge in [0.2, 0.25) is 0 Å². The molecule has 0 amide bonds. The Morgan fingerprint density at radius 1 is 1.27 bits per heavy atom. The van der Waals surface area contributed by atoms with Crippen molar-refractivity contribution in [3.63, 3.8) is 0 Å². The first-order valence-corrected chi connectivity index (χ1v) is 7.50. The van der Waals surface area contributed by atoms with E-state index in [1.165, 1.54) is 0 Å². The number of methoxy groups -OCH3 is 1. The van der Waals surface area contributed by atoms with E-state index in [0.717, 1.165) is 16.9 Å². The highest BCUT2D eigenvalue weighted by Gasteiger charge is 2.22. The summed E-state index contributed by atoms with van der Waals surface area (Å²) >= 11 is 12.2. The van der Waals surface area contributed by atoms with E-state index in [0.29, 0.717) is 15.6 Å². The summed E-state index contributed by atoms with van der Waals surface area (Å²) in [7, 11) is 1.59. The second-order valence-electron chi connectivity index (χ2n) is 5.04. The summed E-state index contributed by atoms with van der Waals surface area (Å²) < 4.78 is 5.21. The van der Waals surface area contributed by atoms with E-state index in [2.05, 4.69) is 0 Å². The molecule has 0 fully saturated rings. The average molecular weight is 339 g/mol. The molecule has 0 radical (unpaired) electrons. The van der Waals surface area contributed by atoms with E-state index in [9.17, 15) is 9.90 Å². The molecule has 2 aromatic rings. The average Bonchev–Trinajstić information content (AvgIpc) is 2.48. The van der Waals surface area contributed by atoms with E-state index in [1.54, 1.807) is 37.4 Å². The molecule has 22 heavy (non-hydrogen) atoms. The molecule has 2 aromatic carbocycles. The summed E-state index contributed by atoms with van der Waals surface area (Å²) in [6.45, 7) is 1.88. The fourth-order valence-corrected chi connectivity index (χ4v) is 2.79. The Bertz CT molecular complexity index is 698. The predicted molar refractivity (Wildman–Crippen MR) is 88.3 cm³/mol. The van der Waals surface area contributed by atoms with Gasteiger partial charge in [-0.1, -0.05) is 47.5 Å². The third-order valence-corrected chi connectivity index (χ3v) is 4.43. The van der Waals surface area contributed by atoms with Crippen molar-refractivity contribution in [1.82, 2.24) is 0 Å². The van der Waals surface area contributed by atoms with E-state index < -0.39 is 11.9 Å². The first-order valence-electron chi connectivity index (χ1n) is 6.74. The molecule has 1 atom stereocenters. The Hall–Kier alpha value is -1.71. The molecule has 0 aliphatic heterocycles. The van der Waals surface area contributed by atoms with Crippen LogP contribution in [0.25, 0.3) is 0 Å². The number of benzene rings is 2. The second kappa shape index (κ2) is 7.03. The second-order valence-corrected chi connectivity index (χ2v) is 5.82. The number of aliphatic carboxylic acids is 1. The van der Waals surface area contributed by atoms with Gasteiger partial charge in [-0.15, -0.1) is 0 Å². The summed E-state index contributed by atoms with van der Waals surface area (Å²) in [5.41, 5.74) is 2.32. The molecule has 0 aromatic heterocycles. The van der Waals surface area contributed by atoms with Gasteiger partial charge in [0.25, 0.3) is 0 Å². The number of rotatable bonds is 5. The smallest absolute Gasteiger partial charge is 0.311 e. The first kappa shape index (κ1) is 16.7. The van der Waals surface area contributed by atoms with Crippen LogP contribution in [0, 0.1) is 6.92 Å². The highest BCUT2D eigenvalue weighted by Crippen LogP contribution is 2.31. The standard InChI is InChI=1S/C17H16Cl2O3/c1-10-8-11(6-7-15(10)22-2)13(17(20)21)9-12-4-3-5-14(18)16(12)19/h3-8,13H,9H2,1-2H3,(H,20,21). The molecular weight excluding hydrogens is 323 g/mol. The van der Waals surface area contributed by atoms with Crippen LogP contribution in [0.1, 0.15) is 22.6 Å². The lowest BCUT2D eigenvalue weighted by atomic mass is 9.91. The Morgan fingerprint density at radius 3 is 2.59 bits per heavy atom. The summed E-state index contributed by atoms with van der Waals surface area (Å²) in [6.07, 6.45) is 0.278.